The summed E-state index contributed by atoms with van der Waals surface area (Å²) in [7, 11) is 2.98. The summed E-state index contributed by atoms with van der Waals surface area (Å²) in [4.78, 5) is 11.0. The number of carbonyl (C=O) groups is 1. The van der Waals surface area contributed by atoms with Crippen molar-refractivity contribution in [2.24, 2.45) is 0 Å². The zero-order valence-corrected chi connectivity index (χ0v) is 10.2. The van der Waals surface area contributed by atoms with E-state index in [1.54, 1.807) is 7.11 Å². The van der Waals surface area contributed by atoms with E-state index in [1.165, 1.54) is 7.11 Å². The Bertz CT molecular complexity index is 335. The third-order valence-electron chi connectivity index (χ3n) is 2.23. The molecule has 88 valence electrons. The van der Waals surface area contributed by atoms with Crippen LogP contribution < -0.4 is 4.74 Å². The van der Waals surface area contributed by atoms with Crippen LogP contribution in [0.25, 0.3) is 0 Å². The van der Waals surface area contributed by atoms with Crippen LogP contribution in [0.3, 0.4) is 0 Å². The van der Waals surface area contributed by atoms with Gasteiger partial charge in [0.15, 0.2) is 0 Å². The fourth-order valence-electron chi connectivity index (χ4n) is 1.35. The highest BCUT2D eigenvalue weighted by atomic mass is 35.5. The second kappa shape index (κ2) is 6.38. The Morgan fingerprint density at radius 1 is 1.31 bits per heavy atom. The minimum Gasteiger partial charge on any atom is -0.497 e. The molecule has 1 rings (SSSR count). The Labute approximate surface area is 100 Å². The van der Waals surface area contributed by atoms with Crippen LogP contribution in [0.2, 0.25) is 0 Å². The highest BCUT2D eigenvalue weighted by Crippen LogP contribution is 2.16. The molecule has 1 aromatic rings. The van der Waals surface area contributed by atoms with Crippen molar-refractivity contribution in [3.8, 4) is 5.75 Å². The molecule has 0 aliphatic rings. The van der Waals surface area contributed by atoms with E-state index < -0.39 is 0 Å². The molecule has 0 aromatic heterocycles. The monoisotopic (exact) mass is 242 g/mol. The molecule has 0 spiro atoms. The van der Waals surface area contributed by atoms with Gasteiger partial charge in [-0.25, -0.2) is 0 Å². The maximum atomic E-state index is 11.0. The summed E-state index contributed by atoms with van der Waals surface area (Å²) in [6.45, 7) is 0. The molecular weight excluding hydrogens is 228 g/mol. The number of ether oxygens (including phenoxy) is 2. The zero-order chi connectivity index (χ0) is 12.0. The van der Waals surface area contributed by atoms with Crippen molar-refractivity contribution in [3.63, 3.8) is 0 Å². The minimum absolute atomic E-state index is 0.226. The summed E-state index contributed by atoms with van der Waals surface area (Å²) in [5, 5.41) is -0.235. The lowest BCUT2D eigenvalue weighted by Crippen LogP contribution is -2.12. The number of methoxy groups -OCH3 is 2. The van der Waals surface area contributed by atoms with Gasteiger partial charge < -0.3 is 9.47 Å². The topological polar surface area (TPSA) is 35.5 Å². The van der Waals surface area contributed by atoms with E-state index in [9.17, 15) is 4.79 Å². The molecule has 0 bridgehead atoms. The van der Waals surface area contributed by atoms with Gasteiger partial charge in [-0.15, -0.1) is 11.6 Å². The van der Waals surface area contributed by atoms with E-state index in [4.69, 9.17) is 16.3 Å². The summed E-state index contributed by atoms with van der Waals surface area (Å²) in [5.41, 5.74) is 1.07. The molecule has 0 saturated carbocycles. The van der Waals surface area contributed by atoms with Crippen LogP contribution in [0.4, 0.5) is 0 Å². The zero-order valence-electron chi connectivity index (χ0n) is 9.40. The molecule has 16 heavy (non-hydrogen) atoms. The van der Waals surface area contributed by atoms with E-state index in [-0.39, 0.29) is 17.8 Å². The second-order valence-corrected chi connectivity index (χ2v) is 4.05. The summed E-state index contributed by atoms with van der Waals surface area (Å²) in [6.07, 6.45) is 0.866. The SMILES string of the molecule is COC(=O)CC(Cl)Cc1ccc(OC)cc1. The third-order valence-corrected chi connectivity index (χ3v) is 2.54. The summed E-state index contributed by atoms with van der Waals surface area (Å²) >= 11 is 6.03. The van der Waals surface area contributed by atoms with Gasteiger partial charge in [-0.2, -0.15) is 0 Å². The van der Waals surface area contributed by atoms with Gasteiger partial charge in [0.25, 0.3) is 0 Å². The Morgan fingerprint density at radius 3 is 2.44 bits per heavy atom. The highest BCUT2D eigenvalue weighted by molar-refractivity contribution is 6.21. The minimum atomic E-state index is -0.284. The van der Waals surface area contributed by atoms with Crippen molar-refractivity contribution >= 4 is 17.6 Å². The Morgan fingerprint density at radius 2 is 1.94 bits per heavy atom. The van der Waals surface area contributed by atoms with Crippen LogP contribution in [0.5, 0.6) is 5.75 Å². The van der Waals surface area contributed by atoms with Crippen molar-refractivity contribution in [2.45, 2.75) is 18.2 Å². The van der Waals surface area contributed by atoms with Crippen molar-refractivity contribution in [2.75, 3.05) is 14.2 Å². The normalized spacial score (nSPS) is 11.9. The smallest absolute Gasteiger partial charge is 0.307 e. The number of carbonyl (C=O) groups excluding carboxylic acids is 1. The van der Waals surface area contributed by atoms with E-state index in [2.05, 4.69) is 4.74 Å². The number of alkyl halides is 1. The Hall–Kier alpha value is -1.22. The molecule has 1 atom stereocenters. The number of hydrogen-bond donors (Lipinski definition) is 0. The first-order valence-electron chi connectivity index (χ1n) is 4.99. The first-order chi connectivity index (χ1) is 7.65. The molecule has 0 aliphatic carbocycles. The molecule has 0 fully saturated rings. The standard InChI is InChI=1S/C12H15ClO3/c1-15-11-5-3-9(4-6-11)7-10(13)8-12(14)16-2/h3-6,10H,7-8H2,1-2H3. The van der Waals surface area contributed by atoms with Gasteiger partial charge in [0.2, 0.25) is 0 Å². The number of halogens is 1. The van der Waals surface area contributed by atoms with Crippen LogP contribution >= 0.6 is 11.6 Å². The molecule has 1 aromatic carbocycles. The lowest BCUT2D eigenvalue weighted by atomic mass is 10.1. The summed E-state index contributed by atoms with van der Waals surface area (Å²) in [5.74, 6) is 0.524. The predicted octanol–water partition coefficient (Wildman–Crippen LogP) is 2.41. The van der Waals surface area contributed by atoms with Gasteiger partial charge in [-0.05, 0) is 24.1 Å². The Balaban J connectivity index is 2.49. The third kappa shape index (κ3) is 4.11. The Kier molecular flexibility index (Phi) is 5.12. The van der Waals surface area contributed by atoms with Gasteiger partial charge in [0, 0.05) is 5.38 Å². The fraction of sp³-hybridized carbons (Fsp3) is 0.417. The average Bonchev–Trinajstić information content (AvgIpc) is 2.29. The van der Waals surface area contributed by atoms with Gasteiger partial charge in [0.1, 0.15) is 5.75 Å². The predicted molar refractivity (Wildman–Crippen MR) is 63.0 cm³/mol. The molecule has 0 N–H and O–H groups in total. The highest BCUT2D eigenvalue weighted by Gasteiger charge is 2.11. The summed E-state index contributed by atoms with van der Waals surface area (Å²) in [6, 6.07) is 7.62. The van der Waals surface area contributed by atoms with Crippen LogP contribution in [0.1, 0.15) is 12.0 Å². The molecule has 1 unspecified atom stereocenters. The molecule has 0 aliphatic heterocycles. The van der Waals surface area contributed by atoms with Crippen LogP contribution in [-0.2, 0) is 16.0 Å². The number of esters is 1. The first-order valence-corrected chi connectivity index (χ1v) is 5.43. The van der Waals surface area contributed by atoms with Crippen molar-refractivity contribution < 1.29 is 14.3 Å². The van der Waals surface area contributed by atoms with Crippen molar-refractivity contribution in [3.05, 3.63) is 29.8 Å². The molecule has 4 heteroatoms. The van der Waals surface area contributed by atoms with E-state index >= 15 is 0 Å². The largest absolute Gasteiger partial charge is 0.497 e. The number of rotatable bonds is 5. The van der Waals surface area contributed by atoms with Gasteiger partial charge >= 0.3 is 5.97 Å². The second-order valence-electron chi connectivity index (χ2n) is 3.43. The molecule has 0 radical (unpaired) electrons. The van der Waals surface area contributed by atoms with Gasteiger partial charge in [-0.3, -0.25) is 4.79 Å². The lowest BCUT2D eigenvalue weighted by molar-refractivity contribution is -0.140. The first kappa shape index (κ1) is 12.8. The molecule has 0 amide bonds. The van der Waals surface area contributed by atoms with Crippen LogP contribution in [-0.4, -0.2) is 25.6 Å². The van der Waals surface area contributed by atoms with E-state index in [0.717, 1.165) is 11.3 Å². The molecule has 3 nitrogen and oxygen atoms in total. The van der Waals surface area contributed by atoms with E-state index in [0.29, 0.717) is 6.42 Å². The van der Waals surface area contributed by atoms with Gasteiger partial charge in [0.05, 0.1) is 20.6 Å². The van der Waals surface area contributed by atoms with E-state index in [1.807, 2.05) is 24.3 Å². The number of hydrogen-bond acceptors (Lipinski definition) is 3. The summed E-state index contributed by atoms with van der Waals surface area (Å²) < 4.78 is 9.60. The maximum absolute atomic E-state index is 11.0. The van der Waals surface area contributed by atoms with Crippen LogP contribution in [0.15, 0.2) is 24.3 Å². The quantitative estimate of drug-likeness (QED) is 0.588. The molecule has 0 saturated heterocycles. The fourth-order valence-corrected chi connectivity index (χ4v) is 1.66. The molecule has 0 heterocycles. The van der Waals surface area contributed by atoms with Gasteiger partial charge in [-0.1, -0.05) is 12.1 Å². The number of benzene rings is 1. The maximum Gasteiger partial charge on any atom is 0.307 e. The average molecular weight is 243 g/mol. The van der Waals surface area contributed by atoms with Crippen molar-refractivity contribution in [1.29, 1.82) is 0 Å². The molecular formula is C12H15ClO3. The van der Waals surface area contributed by atoms with Crippen molar-refractivity contribution in [1.82, 2.24) is 0 Å². The lowest BCUT2D eigenvalue weighted by Gasteiger charge is -2.08. The van der Waals surface area contributed by atoms with Crippen LogP contribution in [0, 0.1) is 0 Å².